The van der Waals surface area contributed by atoms with E-state index in [9.17, 15) is 20.0 Å². The first-order chi connectivity index (χ1) is 15.5. The number of anilines is 2. The molecule has 32 heavy (non-hydrogen) atoms. The second kappa shape index (κ2) is 7.57. The molecule has 3 heterocycles. The molecule has 5 rings (SSSR count). The van der Waals surface area contributed by atoms with Gasteiger partial charge in [0.25, 0.3) is 5.56 Å². The monoisotopic (exact) mass is 430 g/mol. The Morgan fingerprint density at radius 1 is 1.31 bits per heavy atom. The lowest BCUT2D eigenvalue weighted by molar-refractivity contribution is 0.196. The topological polar surface area (TPSA) is 129 Å². The van der Waals surface area contributed by atoms with Gasteiger partial charge < -0.3 is 15.4 Å². The number of carbonyl (C=O) groups is 1. The minimum atomic E-state index is -1.04. The summed E-state index contributed by atoms with van der Waals surface area (Å²) in [6.07, 6.45) is 5.84. The van der Waals surface area contributed by atoms with E-state index in [1.807, 2.05) is 28.9 Å². The molecule has 162 valence electrons. The number of nitrogens with one attached hydrogen (secondary N) is 2. The van der Waals surface area contributed by atoms with Gasteiger partial charge in [-0.25, -0.2) is 4.79 Å². The number of nitrogens with zero attached hydrogens (tertiary/aromatic N) is 4. The number of benzene rings is 1. The molecule has 1 aromatic carbocycles. The van der Waals surface area contributed by atoms with Crippen LogP contribution in [-0.2, 0) is 0 Å². The van der Waals surface area contributed by atoms with Crippen LogP contribution in [0.1, 0.15) is 37.4 Å². The molecule has 1 fully saturated rings. The summed E-state index contributed by atoms with van der Waals surface area (Å²) in [5.41, 5.74) is 1.77. The Kier molecular flexibility index (Phi) is 4.70. The summed E-state index contributed by atoms with van der Waals surface area (Å²) in [5, 5.41) is 29.0. The van der Waals surface area contributed by atoms with E-state index in [0.29, 0.717) is 28.1 Å². The highest BCUT2D eigenvalue weighted by Crippen LogP contribution is 2.36. The Balaban J connectivity index is 1.60. The van der Waals surface area contributed by atoms with E-state index in [1.54, 1.807) is 19.3 Å². The summed E-state index contributed by atoms with van der Waals surface area (Å²) >= 11 is 0. The quantitative estimate of drug-likeness (QED) is 0.438. The van der Waals surface area contributed by atoms with Crippen molar-refractivity contribution in [2.75, 3.05) is 5.32 Å². The number of aryl methyl sites for hydroxylation is 1. The molecule has 0 aliphatic heterocycles. The highest BCUT2D eigenvalue weighted by molar-refractivity contribution is 5.95. The number of hydrogen-bond acceptors (Lipinski definition) is 5. The van der Waals surface area contributed by atoms with Crippen LogP contribution in [0.2, 0.25) is 0 Å². The van der Waals surface area contributed by atoms with Gasteiger partial charge in [-0.05, 0) is 38.0 Å². The van der Waals surface area contributed by atoms with Gasteiger partial charge in [-0.2, -0.15) is 10.4 Å². The number of aromatic nitrogens is 4. The third-order valence-corrected chi connectivity index (χ3v) is 6.38. The highest BCUT2D eigenvalue weighted by Gasteiger charge is 2.29. The van der Waals surface area contributed by atoms with Crippen LogP contribution in [0.25, 0.3) is 21.7 Å². The molecule has 3 aromatic heterocycles. The fourth-order valence-corrected chi connectivity index (χ4v) is 4.77. The number of H-pyrrole nitrogens is 1. The van der Waals surface area contributed by atoms with Gasteiger partial charge in [0.15, 0.2) is 5.82 Å². The summed E-state index contributed by atoms with van der Waals surface area (Å²) in [7, 11) is 0. The summed E-state index contributed by atoms with van der Waals surface area (Å²) < 4.78 is 3.01. The Bertz CT molecular complexity index is 1450. The van der Waals surface area contributed by atoms with Crippen molar-refractivity contribution in [1.82, 2.24) is 19.3 Å². The van der Waals surface area contributed by atoms with Gasteiger partial charge in [-0.1, -0.05) is 18.9 Å². The first kappa shape index (κ1) is 19.9. The standard InChI is InChI=1S/C23H22N6O3/c1-13-17-7-6-16(10-15(17)12-28(13)23(31)32)26-21-20-19(8-9-25-22(20)30)29(27-21)18-5-3-2-4-14(18)11-24/h6-10,12,14,18H,2-5H2,1H3,(H,25,30)(H,26,27)(H,31,32)/t14-,18+/m1/s1. The van der Waals surface area contributed by atoms with Gasteiger partial charge in [-0.3, -0.25) is 14.0 Å². The van der Waals surface area contributed by atoms with Crippen LogP contribution in [-0.4, -0.2) is 30.5 Å². The maximum absolute atomic E-state index is 12.7. The highest BCUT2D eigenvalue weighted by atomic mass is 16.4. The molecule has 0 unspecified atom stereocenters. The van der Waals surface area contributed by atoms with Crippen LogP contribution in [0.5, 0.6) is 0 Å². The molecule has 2 atom stereocenters. The minimum absolute atomic E-state index is 0.0803. The van der Waals surface area contributed by atoms with Crippen molar-refractivity contribution in [3.05, 3.63) is 52.7 Å². The van der Waals surface area contributed by atoms with E-state index in [4.69, 9.17) is 5.10 Å². The molecule has 9 heteroatoms. The molecule has 3 N–H and O–H groups in total. The molecule has 0 amide bonds. The fourth-order valence-electron chi connectivity index (χ4n) is 4.77. The van der Waals surface area contributed by atoms with Crippen LogP contribution in [0.15, 0.2) is 41.5 Å². The average Bonchev–Trinajstić information content (AvgIpc) is 3.32. The van der Waals surface area contributed by atoms with Gasteiger partial charge in [0, 0.05) is 34.5 Å². The third-order valence-electron chi connectivity index (χ3n) is 6.38. The van der Waals surface area contributed by atoms with Crippen LogP contribution in [0, 0.1) is 24.2 Å². The number of pyridine rings is 1. The van der Waals surface area contributed by atoms with Gasteiger partial charge in [0.2, 0.25) is 0 Å². The molecular formula is C23H22N6O3. The van der Waals surface area contributed by atoms with E-state index in [1.165, 1.54) is 4.57 Å². The molecule has 0 bridgehead atoms. The zero-order valence-corrected chi connectivity index (χ0v) is 17.5. The van der Waals surface area contributed by atoms with Gasteiger partial charge in [0.05, 0.1) is 23.5 Å². The van der Waals surface area contributed by atoms with Crippen molar-refractivity contribution in [1.29, 1.82) is 5.26 Å². The minimum Gasteiger partial charge on any atom is -0.464 e. The summed E-state index contributed by atoms with van der Waals surface area (Å²) in [6, 6.07) is 9.67. The molecule has 0 saturated heterocycles. The van der Waals surface area contributed by atoms with E-state index < -0.39 is 6.09 Å². The molecule has 1 aliphatic carbocycles. The van der Waals surface area contributed by atoms with Crippen molar-refractivity contribution in [2.45, 2.75) is 38.6 Å². The molecule has 1 saturated carbocycles. The maximum atomic E-state index is 12.7. The lowest BCUT2D eigenvalue weighted by atomic mass is 9.85. The van der Waals surface area contributed by atoms with Crippen molar-refractivity contribution in [2.24, 2.45) is 5.92 Å². The second-order valence-corrected chi connectivity index (χ2v) is 8.24. The molecule has 1 aliphatic rings. The Morgan fingerprint density at radius 3 is 2.91 bits per heavy atom. The summed E-state index contributed by atoms with van der Waals surface area (Å²) in [6.45, 7) is 1.76. The largest absolute Gasteiger partial charge is 0.464 e. The molecule has 9 nitrogen and oxygen atoms in total. The predicted molar refractivity (Wildman–Crippen MR) is 120 cm³/mol. The zero-order chi connectivity index (χ0) is 22.4. The van der Waals surface area contributed by atoms with Crippen molar-refractivity contribution in [3.63, 3.8) is 0 Å². The van der Waals surface area contributed by atoms with E-state index in [2.05, 4.69) is 16.4 Å². The maximum Gasteiger partial charge on any atom is 0.415 e. The van der Waals surface area contributed by atoms with Crippen LogP contribution in [0.3, 0.4) is 0 Å². The molecule has 0 radical (unpaired) electrons. The number of carboxylic acid groups (broad SMARTS) is 1. The Labute approximate surface area is 182 Å². The predicted octanol–water partition coefficient (Wildman–Crippen LogP) is 4.51. The van der Waals surface area contributed by atoms with Crippen molar-refractivity contribution < 1.29 is 9.90 Å². The van der Waals surface area contributed by atoms with Crippen molar-refractivity contribution in [3.8, 4) is 6.07 Å². The number of aromatic amines is 1. The summed E-state index contributed by atoms with van der Waals surface area (Å²) in [5.74, 6) is 0.270. The Morgan fingerprint density at radius 2 is 2.12 bits per heavy atom. The third kappa shape index (κ3) is 3.12. The number of rotatable bonds is 3. The van der Waals surface area contributed by atoms with E-state index >= 15 is 0 Å². The molecular weight excluding hydrogens is 408 g/mol. The van der Waals surface area contributed by atoms with Gasteiger partial charge in [0.1, 0.15) is 5.39 Å². The van der Waals surface area contributed by atoms with Crippen molar-refractivity contribution >= 4 is 39.3 Å². The van der Waals surface area contributed by atoms with Crippen LogP contribution >= 0.6 is 0 Å². The van der Waals surface area contributed by atoms with Crippen LogP contribution in [0.4, 0.5) is 16.3 Å². The second-order valence-electron chi connectivity index (χ2n) is 8.24. The average molecular weight is 430 g/mol. The molecule has 0 spiro atoms. The lowest BCUT2D eigenvalue weighted by Gasteiger charge is -2.27. The first-order valence-electron chi connectivity index (χ1n) is 10.6. The molecule has 4 aromatic rings. The first-order valence-corrected chi connectivity index (χ1v) is 10.6. The van der Waals surface area contributed by atoms with E-state index in [0.717, 1.165) is 36.5 Å². The Hall–Kier alpha value is -4.06. The number of nitriles is 1. The van der Waals surface area contributed by atoms with Crippen LogP contribution < -0.4 is 10.9 Å². The zero-order valence-electron chi connectivity index (χ0n) is 17.5. The summed E-state index contributed by atoms with van der Waals surface area (Å²) in [4.78, 5) is 26.8. The number of hydrogen-bond donors (Lipinski definition) is 3. The lowest BCUT2D eigenvalue weighted by Crippen LogP contribution is -2.23. The van der Waals surface area contributed by atoms with E-state index in [-0.39, 0.29) is 17.5 Å². The normalized spacial score (nSPS) is 18.6. The van der Waals surface area contributed by atoms with Gasteiger partial charge in [-0.15, -0.1) is 0 Å². The number of fused-ring (bicyclic) bond motifs is 2. The van der Waals surface area contributed by atoms with Gasteiger partial charge >= 0.3 is 6.09 Å². The smallest absolute Gasteiger partial charge is 0.415 e. The SMILES string of the molecule is Cc1c2ccc(Nc3nn([C@H]4CCCC[C@@H]4C#N)c4cc[nH]c(=O)c34)cc2cn1C(=O)O. The fraction of sp³-hybridized carbons (Fsp3) is 0.304.